The number of piperazine rings is 1. The van der Waals surface area contributed by atoms with E-state index in [0.717, 1.165) is 58.6 Å². The van der Waals surface area contributed by atoms with Crippen LogP contribution in [0.1, 0.15) is 95.4 Å². The summed E-state index contributed by atoms with van der Waals surface area (Å²) in [6.45, 7) is 10.8. The fourth-order valence-corrected chi connectivity index (χ4v) is 11.4. The Kier molecular flexibility index (Phi) is 14.3. The molecule has 0 radical (unpaired) electrons. The predicted octanol–water partition coefficient (Wildman–Crippen LogP) is 5.49. The molecule has 4 aliphatic rings. The van der Waals surface area contributed by atoms with Crippen molar-refractivity contribution in [1.29, 1.82) is 0 Å². The number of aromatic hydroxyl groups is 1. The van der Waals surface area contributed by atoms with Gasteiger partial charge in [-0.3, -0.25) is 19.2 Å². The summed E-state index contributed by atoms with van der Waals surface area (Å²) in [7, 11) is 0. The average Bonchev–Trinajstić information content (AvgIpc) is 4.06. The second kappa shape index (κ2) is 20.5. The number of nitrogen functional groups attached to an aromatic ring is 1. The van der Waals surface area contributed by atoms with Crippen LogP contribution in [0.4, 0.5) is 17.5 Å². The molecule has 71 heavy (non-hydrogen) atoms. The van der Waals surface area contributed by atoms with E-state index in [1.807, 2.05) is 88.1 Å². The lowest BCUT2D eigenvalue weighted by Gasteiger charge is -2.42. The number of benzene rings is 2. The van der Waals surface area contributed by atoms with Crippen LogP contribution >= 0.6 is 11.3 Å². The lowest BCUT2D eigenvalue weighted by molar-refractivity contribution is -0.150. The minimum Gasteiger partial charge on any atom is -0.507 e. The molecular formula is C52H64N12O6S. The van der Waals surface area contributed by atoms with E-state index >= 15 is 0 Å². The molecule has 2 unspecified atom stereocenters. The second-order valence-electron chi connectivity index (χ2n) is 20.7. The number of hydrogen-bond acceptors (Lipinski definition) is 16. The van der Waals surface area contributed by atoms with E-state index in [2.05, 4.69) is 35.6 Å². The number of aryl methyl sites for hydroxylation is 1. The number of para-hydroxylation sites is 1. The van der Waals surface area contributed by atoms with Crippen LogP contribution in [-0.2, 0) is 30.5 Å². The molecule has 3 saturated heterocycles. The van der Waals surface area contributed by atoms with Crippen molar-refractivity contribution in [2.75, 3.05) is 35.2 Å². The molecule has 3 aliphatic heterocycles. The largest absolute Gasteiger partial charge is 0.507 e. The summed E-state index contributed by atoms with van der Waals surface area (Å²) in [6, 6.07) is 14.4. The molecule has 5 aromatic rings. The average molecular weight is 985 g/mol. The van der Waals surface area contributed by atoms with Crippen LogP contribution in [0.5, 0.6) is 5.75 Å². The maximum Gasteiger partial charge on any atom is 0.322 e. The number of hydrogen-bond donors (Lipinski definition) is 5. The number of likely N-dealkylation sites (tertiary alicyclic amines) is 1. The first kappa shape index (κ1) is 49.3. The highest BCUT2D eigenvalue weighted by Gasteiger charge is 2.47. The maximum atomic E-state index is 14.7. The summed E-state index contributed by atoms with van der Waals surface area (Å²) in [5, 5.41) is 25.1. The quantitative estimate of drug-likeness (QED) is 0.0916. The van der Waals surface area contributed by atoms with Crippen LogP contribution in [-0.4, -0.2) is 115 Å². The Labute approximate surface area is 418 Å². The van der Waals surface area contributed by atoms with Gasteiger partial charge in [0.1, 0.15) is 30.0 Å². The Hall–Kier alpha value is -6.73. The molecular weight excluding hydrogens is 921 g/mol. The molecule has 1 aliphatic carbocycles. The molecule has 2 bridgehead atoms. The molecule has 6 heterocycles. The van der Waals surface area contributed by atoms with Crippen molar-refractivity contribution in [2.45, 2.75) is 128 Å². The summed E-state index contributed by atoms with van der Waals surface area (Å²) in [5.41, 5.74) is 19.2. The summed E-state index contributed by atoms with van der Waals surface area (Å²) < 4.78 is 5.68. The van der Waals surface area contributed by atoms with Crippen LogP contribution in [0.25, 0.3) is 21.7 Å². The van der Waals surface area contributed by atoms with Gasteiger partial charge in [-0.15, -0.1) is 21.5 Å². The number of rotatable bonds is 13. The molecule has 0 spiro atoms. The number of esters is 1. The van der Waals surface area contributed by atoms with Gasteiger partial charge in [0, 0.05) is 62.0 Å². The van der Waals surface area contributed by atoms with E-state index in [0.29, 0.717) is 49.0 Å². The van der Waals surface area contributed by atoms with Gasteiger partial charge in [-0.05, 0) is 98.6 Å². The monoisotopic (exact) mass is 984 g/mol. The smallest absolute Gasteiger partial charge is 0.322 e. The third kappa shape index (κ3) is 10.7. The normalized spacial score (nSPS) is 23.0. The highest BCUT2D eigenvalue weighted by molar-refractivity contribution is 7.13. The third-order valence-electron chi connectivity index (χ3n) is 14.6. The van der Waals surface area contributed by atoms with Crippen LogP contribution < -0.4 is 31.9 Å². The van der Waals surface area contributed by atoms with Gasteiger partial charge < -0.3 is 46.6 Å². The fraction of sp³-hybridized carbons (Fsp3) is 0.481. The number of nitrogens with one attached hydrogen (secondary N) is 2. The third-order valence-corrected chi connectivity index (χ3v) is 15.6. The van der Waals surface area contributed by atoms with Crippen LogP contribution in [0, 0.1) is 18.3 Å². The number of carbonyl (C=O) groups excluding carboxylic acids is 4. The molecule has 3 amide bonds. The molecule has 19 heteroatoms. The first-order chi connectivity index (χ1) is 34.0. The number of nitrogens with zero attached hydrogens (tertiary/aromatic N) is 8. The van der Waals surface area contributed by atoms with Gasteiger partial charge in [0.2, 0.25) is 23.7 Å². The van der Waals surface area contributed by atoms with Gasteiger partial charge in [0.05, 0.1) is 34.0 Å². The van der Waals surface area contributed by atoms with Crippen molar-refractivity contribution in [3.05, 3.63) is 89.3 Å². The minimum absolute atomic E-state index is 0.00856. The molecule has 4 fully saturated rings. The zero-order valence-corrected chi connectivity index (χ0v) is 41.8. The number of ether oxygens (including phenoxy) is 1. The fourth-order valence-electron chi connectivity index (χ4n) is 10.6. The number of amides is 3. The number of aromatic nitrogens is 5. The van der Waals surface area contributed by atoms with Gasteiger partial charge in [-0.2, -0.15) is 0 Å². The van der Waals surface area contributed by atoms with E-state index in [1.165, 1.54) is 11.8 Å². The van der Waals surface area contributed by atoms with Crippen LogP contribution in [0.3, 0.4) is 0 Å². The SMILES string of the molecule is Cc1ncsc1-c1ccc(CNC(=O)[C@@H]2C[C@@H](OC(=O)[C@H](C)N)CN2C(=O)[C@@H](NC(=O)[C@H]2CC[C@H](c3cnc(N4C5CCC4CN(c4cc(-c6ccccc6O)nnc4N)C5)nc3)CC2)C(C)(C)C)cc1. The Morgan fingerprint density at radius 2 is 1.59 bits per heavy atom. The van der Waals surface area contributed by atoms with E-state index in [1.54, 1.807) is 23.5 Å². The van der Waals surface area contributed by atoms with E-state index in [9.17, 15) is 24.3 Å². The lowest BCUT2D eigenvalue weighted by Crippen LogP contribution is -2.58. The standard InChI is InChI=1S/C52H64N12O6S/c1-29(53)50(69)70-38-20-42(48(67)55-22-31-10-12-33(13-11-31)44-30(2)58-28-71-44)63(27-38)49(68)45(52(3,4)5)59-47(66)34-16-14-32(15-17-34)35-23-56-51(57-24-35)64-36-18-19-37(64)26-62(25-36)41-21-40(60-61-46(41)54)39-8-6-7-9-43(39)65/h6-13,21,23-24,28-29,32,34,36-38,42,45,65H,14-20,22,25-27,53H2,1-5H3,(H2,54,61)(H,55,67)(H,59,66)/t29-,32-,34-,36?,37?,38+,42-,45+/m0/s1. The number of anilines is 3. The van der Waals surface area contributed by atoms with Crippen LogP contribution in [0.2, 0.25) is 0 Å². The summed E-state index contributed by atoms with van der Waals surface area (Å²) >= 11 is 1.57. The number of thiazole rings is 1. The molecule has 374 valence electrons. The lowest BCUT2D eigenvalue weighted by atomic mass is 9.78. The van der Waals surface area contributed by atoms with Crippen molar-refractivity contribution in [3.8, 4) is 27.4 Å². The highest BCUT2D eigenvalue weighted by Crippen LogP contribution is 2.40. The Morgan fingerprint density at radius 1 is 0.901 bits per heavy atom. The summed E-state index contributed by atoms with van der Waals surface area (Å²) in [4.78, 5) is 76.6. The topological polar surface area (TPSA) is 248 Å². The molecule has 9 rings (SSSR count). The van der Waals surface area contributed by atoms with E-state index in [-0.39, 0.29) is 61.0 Å². The Morgan fingerprint density at radius 3 is 2.23 bits per heavy atom. The summed E-state index contributed by atoms with van der Waals surface area (Å²) in [5.74, 6) is -0.552. The van der Waals surface area contributed by atoms with Crippen molar-refractivity contribution in [3.63, 3.8) is 0 Å². The zero-order valence-electron chi connectivity index (χ0n) is 41.0. The molecule has 18 nitrogen and oxygen atoms in total. The van der Waals surface area contributed by atoms with E-state index < -0.39 is 41.5 Å². The van der Waals surface area contributed by atoms with Gasteiger partial charge in [0.15, 0.2) is 5.82 Å². The van der Waals surface area contributed by atoms with Gasteiger partial charge >= 0.3 is 5.97 Å². The van der Waals surface area contributed by atoms with Crippen molar-refractivity contribution in [1.82, 2.24) is 40.7 Å². The predicted molar refractivity (Wildman–Crippen MR) is 271 cm³/mol. The minimum atomic E-state index is -0.952. The molecule has 3 aromatic heterocycles. The molecule has 2 aromatic carbocycles. The number of fused-ring (bicyclic) bond motifs is 2. The maximum absolute atomic E-state index is 14.7. The van der Waals surface area contributed by atoms with Crippen molar-refractivity contribution >= 4 is 52.5 Å². The van der Waals surface area contributed by atoms with Crippen molar-refractivity contribution in [2.24, 2.45) is 17.1 Å². The molecule has 1 saturated carbocycles. The second-order valence-corrected chi connectivity index (χ2v) is 21.5. The Bertz CT molecular complexity index is 2720. The first-order valence-corrected chi connectivity index (χ1v) is 25.5. The summed E-state index contributed by atoms with van der Waals surface area (Å²) in [6.07, 6.45) is 7.97. The van der Waals surface area contributed by atoms with Gasteiger partial charge in [-0.1, -0.05) is 57.2 Å². The number of phenols is 1. The number of carbonyl (C=O) groups is 4. The molecule has 6 atom stereocenters. The van der Waals surface area contributed by atoms with E-state index in [4.69, 9.17) is 26.2 Å². The van der Waals surface area contributed by atoms with Gasteiger partial charge in [-0.25, -0.2) is 15.0 Å². The van der Waals surface area contributed by atoms with Crippen molar-refractivity contribution < 1.29 is 29.0 Å². The first-order valence-electron chi connectivity index (χ1n) is 24.6. The zero-order chi connectivity index (χ0) is 50.1. The molecule has 7 N–H and O–H groups in total. The van der Waals surface area contributed by atoms with Gasteiger partial charge in [0.25, 0.3) is 0 Å². The Balaban J connectivity index is 0.807. The number of phenolic OH excluding ortho intramolecular Hbond substituents is 1. The van der Waals surface area contributed by atoms with Crippen LogP contribution in [0.15, 0.2) is 72.5 Å². The highest BCUT2D eigenvalue weighted by atomic mass is 32.1. The number of nitrogens with two attached hydrogens (primary N) is 2.